The summed E-state index contributed by atoms with van der Waals surface area (Å²) in [5.74, 6) is -0.904. The van der Waals surface area contributed by atoms with Crippen molar-refractivity contribution >= 4 is 5.97 Å². The maximum Gasteiger partial charge on any atom is 0.328 e. The minimum absolute atomic E-state index is 0.253. The highest BCUT2D eigenvalue weighted by molar-refractivity contribution is 5.79. The fourth-order valence-electron chi connectivity index (χ4n) is 1.10. The largest absolute Gasteiger partial charge is 0.478 e. The highest BCUT2D eigenvalue weighted by Crippen LogP contribution is 1.96. The van der Waals surface area contributed by atoms with Crippen LogP contribution < -0.4 is 0 Å². The van der Waals surface area contributed by atoms with Gasteiger partial charge in [-0.15, -0.1) is 0 Å². The number of rotatable bonds is 8. The van der Waals surface area contributed by atoms with E-state index in [2.05, 4.69) is 4.90 Å². The predicted molar refractivity (Wildman–Crippen MR) is 55.2 cm³/mol. The van der Waals surface area contributed by atoms with Crippen LogP contribution in [-0.4, -0.2) is 47.8 Å². The molecule has 0 bridgehead atoms. The average Bonchev–Trinajstić information content (AvgIpc) is 2.12. The summed E-state index contributed by atoms with van der Waals surface area (Å²) in [6.07, 6.45) is 5.69. The van der Waals surface area contributed by atoms with Crippen LogP contribution in [-0.2, 0) is 4.79 Å². The van der Waals surface area contributed by atoms with Crippen molar-refractivity contribution in [2.24, 2.45) is 0 Å². The summed E-state index contributed by atoms with van der Waals surface area (Å²) in [5.41, 5.74) is 0. The minimum Gasteiger partial charge on any atom is -0.478 e. The van der Waals surface area contributed by atoms with E-state index in [4.69, 9.17) is 10.2 Å². The van der Waals surface area contributed by atoms with Gasteiger partial charge in [0.05, 0.1) is 0 Å². The predicted octanol–water partition coefficient (Wildman–Crippen LogP) is 0.722. The number of hydrogen-bond acceptors (Lipinski definition) is 3. The number of nitrogens with zero attached hydrogens (tertiary/aromatic N) is 1. The summed E-state index contributed by atoms with van der Waals surface area (Å²) >= 11 is 0. The van der Waals surface area contributed by atoms with Crippen molar-refractivity contribution in [1.29, 1.82) is 0 Å². The molecule has 4 nitrogen and oxygen atoms in total. The van der Waals surface area contributed by atoms with Crippen LogP contribution in [0.5, 0.6) is 0 Å². The summed E-state index contributed by atoms with van der Waals surface area (Å²) in [6, 6.07) is 0. The van der Waals surface area contributed by atoms with E-state index in [-0.39, 0.29) is 6.61 Å². The van der Waals surface area contributed by atoms with Crippen LogP contribution in [0.3, 0.4) is 0 Å². The minimum atomic E-state index is -0.904. The average molecular weight is 201 g/mol. The van der Waals surface area contributed by atoms with E-state index >= 15 is 0 Å². The molecule has 4 heteroatoms. The van der Waals surface area contributed by atoms with Gasteiger partial charge in [0, 0.05) is 19.2 Å². The van der Waals surface area contributed by atoms with E-state index in [1.807, 2.05) is 7.05 Å². The first kappa shape index (κ1) is 13.1. The highest BCUT2D eigenvalue weighted by atomic mass is 16.4. The lowest BCUT2D eigenvalue weighted by molar-refractivity contribution is -0.131. The molecule has 0 amide bonds. The third-order valence-electron chi connectivity index (χ3n) is 1.88. The van der Waals surface area contributed by atoms with E-state index in [1.165, 1.54) is 0 Å². The van der Waals surface area contributed by atoms with Crippen LogP contribution in [0.2, 0.25) is 0 Å². The van der Waals surface area contributed by atoms with Crippen LogP contribution >= 0.6 is 0 Å². The lowest BCUT2D eigenvalue weighted by atomic mass is 10.2. The second-order valence-electron chi connectivity index (χ2n) is 3.29. The van der Waals surface area contributed by atoms with E-state index < -0.39 is 5.97 Å². The number of hydrogen-bond donors (Lipinski definition) is 2. The first-order valence-electron chi connectivity index (χ1n) is 4.85. The maximum atomic E-state index is 10.1. The molecule has 0 unspecified atom stereocenters. The van der Waals surface area contributed by atoms with Crippen molar-refractivity contribution in [2.75, 3.05) is 26.7 Å². The summed E-state index contributed by atoms with van der Waals surface area (Å²) in [7, 11) is 1.95. The third-order valence-corrected chi connectivity index (χ3v) is 1.88. The van der Waals surface area contributed by atoms with E-state index in [0.29, 0.717) is 6.54 Å². The molecule has 0 rings (SSSR count). The monoisotopic (exact) mass is 201 g/mol. The molecule has 0 aliphatic carbocycles. The van der Waals surface area contributed by atoms with Gasteiger partial charge in [0.2, 0.25) is 0 Å². The van der Waals surface area contributed by atoms with Gasteiger partial charge in [0.15, 0.2) is 0 Å². The zero-order valence-corrected chi connectivity index (χ0v) is 8.65. The van der Waals surface area contributed by atoms with Crippen molar-refractivity contribution in [1.82, 2.24) is 4.90 Å². The van der Waals surface area contributed by atoms with Crippen LogP contribution in [0.15, 0.2) is 12.2 Å². The molecule has 14 heavy (non-hydrogen) atoms. The Kier molecular flexibility index (Phi) is 8.17. The Morgan fingerprint density at radius 1 is 1.36 bits per heavy atom. The van der Waals surface area contributed by atoms with Crippen molar-refractivity contribution in [3.05, 3.63) is 12.2 Å². The zero-order valence-electron chi connectivity index (χ0n) is 8.65. The Bertz CT molecular complexity index is 180. The lowest BCUT2D eigenvalue weighted by Crippen LogP contribution is -2.19. The second-order valence-corrected chi connectivity index (χ2v) is 3.29. The molecule has 2 N–H and O–H groups in total. The summed E-state index contributed by atoms with van der Waals surface area (Å²) < 4.78 is 0. The molecular formula is C10H19NO3. The summed E-state index contributed by atoms with van der Waals surface area (Å²) in [5, 5.41) is 16.9. The summed E-state index contributed by atoms with van der Waals surface area (Å²) in [6.45, 7) is 1.85. The van der Waals surface area contributed by atoms with Gasteiger partial charge in [-0.3, -0.25) is 0 Å². The molecule has 0 fully saturated rings. The van der Waals surface area contributed by atoms with E-state index in [1.54, 1.807) is 6.08 Å². The number of aliphatic hydroxyl groups excluding tert-OH is 1. The molecular weight excluding hydrogens is 182 g/mol. The molecule has 0 saturated heterocycles. The normalized spacial score (nSPS) is 11.4. The van der Waals surface area contributed by atoms with Crippen LogP contribution in [0.25, 0.3) is 0 Å². The van der Waals surface area contributed by atoms with Gasteiger partial charge < -0.3 is 15.1 Å². The molecule has 0 aromatic rings. The topological polar surface area (TPSA) is 60.8 Å². The number of carboxylic acid groups (broad SMARTS) is 1. The van der Waals surface area contributed by atoms with E-state index in [9.17, 15) is 4.79 Å². The Labute approximate surface area is 84.8 Å². The molecule has 0 aliphatic rings. The quantitative estimate of drug-likeness (QED) is 0.449. The Morgan fingerprint density at radius 2 is 2.07 bits per heavy atom. The maximum absolute atomic E-state index is 10.1. The Hall–Kier alpha value is -0.870. The van der Waals surface area contributed by atoms with Crippen molar-refractivity contribution < 1.29 is 15.0 Å². The molecule has 0 radical (unpaired) electrons. The van der Waals surface area contributed by atoms with Crippen LogP contribution in [0.1, 0.15) is 19.3 Å². The van der Waals surface area contributed by atoms with Gasteiger partial charge in [-0.05, 0) is 32.9 Å². The number of likely N-dealkylation sites (N-methyl/N-ethyl adjacent to an activating group) is 1. The first-order valence-corrected chi connectivity index (χ1v) is 4.85. The van der Waals surface area contributed by atoms with Gasteiger partial charge in [0.1, 0.15) is 0 Å². The number of unbranched alkanes of at least 4 members (excludes halogenated alkanes) is 2. The molecule has 0 aromatic carbocycles. The van der Waals surface area contributed by atoms with Gasteiger partial charge in [-0.1, -0.05) is 6.08 Å². The van der Waals surface area contributed by atoms with E-state index in [0.717, 1.165) is 31.9 Å². The Morgan fingerprint density at radius 3 is 2.64 bits per heavy atom. The highest BCUT2D eigenvalue weighted by Gasteiger charge is 1.95. The molecule has 82 valence electrons. The van der Waals surface area contributed by atoms with Crippen molar-refractivity contribution in [2.45, 2.75) is 19.3 Å². The molecule has 0 spiro atoms. The molecule has 0 aromatic heterocycles. The standard InChI is InChI=1S/C10H19NO3/c1-11(7-3-2-4-9-12)8-5-6-10(13)14/h5-6,12H,2-4,7-9H2,1H3,(H,13,14)/b6-5+. The van der Waals surface area contributed by atoms with Gasteiger partial charge in [-0.25, -0.2) is 4.79 Å². The number of aliphatic hydroxyl groups is 1. The van der Waals surface area contributed by atoms with Crippen molar-refractivity contribution in [3.8, 4) is 0 Å². The molecule has 0 atom stereocenters. The number of carbonyl (C=O) groups is 1. The van der Waals surface area contributed by atoms with Crippen LogP contribution in [0.4, 0.5) is 0 Å². The molecule has 0 saturated carbocycles. The van der Waals surface area contributed by atoms with Gasteiger partial charge in [-0.2, -0.15) is 0 Å². The zero-order chi connectivity index (χ0) is 10.8. The third kappa shape index (κ3) is 9.22. The smallest absolute Gasteiger partial charge is 0.328 e. The summed E-state index contributed by atoms with van der Waals surface area (Å²) in [4.78, 5) is 12.2. The van der Waals surface area contributed by atoms with Gasteiger partial charge >= 0.3 is 5.97 Å². The first-order chi connectivity index (χ1) is 6.66. The SMILES string of the molecule is CN(C/C=C/C(=O)O)CCCCCO. The Balaban J connectivity index is 3.36. The molecule has 0 heterocycles. The lowest BCUT2D eigenvalue weighted by Gasteiger charge is -2.13. The second kappa shape index (κ2) is 8.72. The van der Waals surface area contributed by atoms with Crippen LogP contribution in [0, 0.1) is 0 Å². The molecule has 0 aliphatic heterocycles. The van der Waals surface area contributed by atoms with Crippen molar-refractivity contribution in [3.63, 3.8) is 0 Å². The van der Waals surface area contributed by atoms with Gasteiger partial charge in [0.25, 0.3) is 0 Å². The fourth-order valence-corrected chi connectivity index (χ4v) is 1.10. The fraction of sp³-hybridized carbons (Fsp3) is 0.700. The number of aliphatic carboxylic acids is 1. The number of carboxylic acids is 1.